The highest BCUT2D eigenvalue weighted by molar-refractivity contribution is 8.26. The van der Waals surface area contributed by atoms with Crippen LogP contribution in [-0.2, 0) is 14.3 Å². The third kappa shape index (κ3) is 4.53. The number of phenolic OH excluding ortho intramolecular Hbond substituents is 1. The van der Waals surface area contributed by atoms with Gasteiger partial charge in [0.1, 0.15) is 12.3 Å². The summed E-state index contributed by atoms with van der Waals surface area (Å²) in [5.74, 6) is -1.29. The zero-order chi connectivity index (χ0) is 18.6. The van der Waals surface area contributed by atoms with E-state index in [1.54, 1.807) is 6.92 Å². The van der Waals surface area contributed by atoms with E-state index >= 15 is 0 Å². The lowest BCUT2D eigenvalue weighted by atomic mass is 10.1. The molecule has 132 valence electrons. The van der Waals surface area contributed by atoms with E-state index in [2.05, 4.69) is 5.43 Å². The molecule has 1 saturated heterocycles. The first kappa shape index (κ1) is 18.8. The fourth-order valence-electron chi connectivity index (χ4n) is 1.87. The number of amides is 1. The third-order valence-corrected chi connectivity index (χ3v) is 4.29. The van der Waals surface area contributed by atoms with E-state index in [1.807, 2.05) is 0 Å². The highest BCUT2D eigenvalue weighted by atomic mass is 32.2. The SMILES string of the molecule is CCOC(=O)CNN1C(=O)/C(=C\c2cc([N+](=O)[O-])ccc2O)SC1=S. The van der Waals surface area contributed by atoms with E-state index in [0.29, 0.717) is 0 Å². The van der Waals surface area contributed by atoms with Crippen molar-refractivity contribution in [3.63, 3.8) is 0 Å². The van der Waals surface area contributed by atoms with Gasteiger partial charge >= 0.3 is 5.97 Å². The molecule has 0 aromatic heterocycles. The molecular formula is C14H13N3O6S2. The van der Waals surface area contributed by atoms with Gasteiger partial charge in [0.25, 0.3) is 11.6 Å². The minimum absolute atomic E-state index is 0.111. The number of non-ortho nitro benzene ring substituents is 1. The lowest BCUT2D eigenvalue weighted by Crippen LogP contribution is -2.44. The highest BCUT2D eigenvalue weighted by Crippen LogP contribution is 2.34. The molecule has 0 radical (unpaired) electrons. The molecule has 1 aliphatic heterocycles. The van der Waals surface area contributed by atoms with Gasteiger partial charge in [0, 0.05) is 17.7 Å². The second-order valence-electron chi connectivity index (χ2n) is 4.66. The molecule has 1 fully saturated rings. The number of phenols is 1. The number of hydrazine groups is 1. The molecule has 11 heteroatoms. The number of hydrogen-bond donors (Lipinski definition) is 2. The average molecular weight is 383 g/mol. The molecule has 0 atom stereocenters. The summed E-state index contributed by atoms with van der Waals surface area (Å²) < 4.78 is 4.90. The van der Waals surface area contributed by atoms with Gasteiger partial charge in [-0.1, -0.05) is 24.0 Å². The topological polar surface area (TPSA) is 122 Å². The van der Waals surface area contributed by atoms with Crippen LogP contribution in [0.5, 0.6) is 5.75 Å². The average Bonchev–Trinajstić information content (AvgIpc) is 2.81. The van der Waals surface area contributed by atoms with Crippen molar-refractivity contribution in [3.05, 3.63) is 38.8 Å². The van der Waals surface area contributed by atoms with Gasteiger partial charge in [-0.15, -0.1) is 0 Å². The highest BCUT2D eigenvalue weighted by Gasteiger charge is 2.33. The number of thioether (sulfide) groups is 1. The van der Waals surface area contributed by atoms with Gasteiger partial charge < -0.3 is 9.84 Å². The first-order chi connectivity index (χ1) is 11.8. The molecule has 25 heavy (non-hydrogen) atoms. The molecule has 1 aliphatic rings. The maximum Gasteiger partial charge on any atom is 0.321 e. The zero-order valence-electron chi connectivity index (χ0n) is 12.9. The van der Waals surface area contributed by atoms with Gasteiger partial charge in [0.2, 0.25) is 0 Å². The van der Waals surface area contributed by atoms with Crippen LogP contribution in [0.25, 0.3) is 6.08 Å². The minimum Gasteiger partial charge on any atom is -0.507 e. The second-order valence-corrected chi connectivity index (χ2v) is 6.33. The molecular weight excluding hydrogens is 370 g/mol. The Morgan fingerprint density at radius 1 is 1.56 bits per heavy atom. The molecule has 1 heterocycles. The monoisotopic (exact) mass is 383 g/mol. The number of carbonyl (C=O) groups is 2. The Hall–Kier alpha value is -2.50. The van der Waals surface area contributed by atoms with Crippen LogP contribution in [0.3, 0.4) is 0 Å². The van der Waals surface area contributed by atoms with Gasteiger partial charge in [0.15, 0.2) is 4.32 Å². The van der Waals surface area contributed by atoms with Crippen LogP contribution in [0, 0.1) is 10.1 Å². The number of aromatic hydroxyl groups is 1. The number of nitro groups is 1. The Balaban J connectivity index is 2.18. The summed E-state index contributed by atoms with van der Waals surface area (Å²) in [7, 11) is 0. The van der Waals surface area contributed by atoms with Crippen molar-refractivity contribution in [1.29, 1.82) is 0 Å². The number of rotatable bonds is 6. The molecule has 0 unspecified atom stereocenters. The van der Waals surface area contributed by atoms with Gasteiger partial charge in [-0.3, -0.25) is 19.7 Å². The summed E-state index contributed by atoms with van der Waals surface area (Å²) >= 11 is 6.01. The fourth-order valence-corrected chi connectivity index (χ4v) is 3.08. The number of thiocarbonyl (C=S) groups is 1. The molecule has 0 aliphatic carbocycles. The molecule has 1 aromatic rings. The maximum atomic E-state index is 12.3. The normalized spacial score (nSPS) is 15.7. The number of nitrogens with zero attached hydrogens (tertiary/aromatic N) is 2. The van der Waals surface area contributed by atoms with E-state index in [9.17, 15) is 24.8 Å². The van der Waals surface area contributed by atoms with Gasteiger partial charge in [0.05, 0.1) is 16.4 Å². The van der Waals surface area contributed by atoms with Crippen molar-refractivity contribution >= 4 is 51.9 Å². The van der Waals surface area contributed by atoms with Gasteiger partial charge in [-0.25, -0.2) is 10.4 Å². The molecule has 0 saturated carbocycles. The fraction of sp³-hybridized carbons (Fsp3) is 0.214. The van der Waals surface area contributed by atoms with Crippen LogP contribution in [-0.4, -0.2) is 44.4 Å². The van der Waals surface area contributed by atoms with E-state index in [4.69, 9.17) is 17.0 Å². The second kappa shape index (κ2) is 8.05. The van der Waals surface area contributed by atoms with Crippen LogP contribution < -0.4 is 5.43 Å². The molecule has 2 N–H and O–H groups in total. The van der Waals surface area contributed by atoms with Crippen molar-refractivity contribution in [3.8, 4) is 5.75 Å². The summed E-state index contributed by atoms with van der Waals surface area (Å²) in [6.45, 7) is 1.63. The lowest BCUT2D eigenvalue weighted by molar-refractivity contribution is -0.384. The molecule has 1 amide bonds. The minimum atomic E-state index is -0.608. The van der Waals surface area contributed by atoms with Crippen molar-refractivity contribution in [2.45, 2.75) is 6.92 Å². The lowest BCUT2D eigenvalue weighted by Gasteiger charge is -2.14. The number of hydrogen-bond acceptors (Lipinski definition) is 9. The first-order valence-corrected chi connectivity index (χ1v) is 8.20. The zero-order valence-corrected chi connectivity index (χ0v) is 14.6. The standard InChI is InChI=1S/C14H13N3O6S2/c1-2-23-12(19)7-15-16-13(20)11(25-14(16)24)6-8-5-9(17(21)22)3-4-10(8)18/h3-6,15,18H,2,7H2,1H3/b11-6+. The molecule has 2 rings (SSSR count). The van der Waals surface area contributed by atoms with E-state index in [-0.39, 0.29) is 39.4 Å². The van der Waals surface area contributed by atoms with E-state index in [0.717, 1.165) is 28.9 Å². The summed E-state index contributed by atoms with van der Waals surface area (Å²) in [6.07, 6.45) is 1.30. The van der Waals surface area contributed by atoms with Crippen LogP contribution in [0.2, 0.25) is 0 Å². The Kier molecular flexibility index (Phi) is 6.07. The summed E-state index contributed by atoms with van der Waals surface area (Å²) in [5, 5.41) is 21.7. The summed E-state index contributed by atoms with van der Waals surface area (Å²) in [5.41, 5.74) is 2.45. The molecule has 0 bridgehead atoms. The summed E-state index contributed by atoms with van der Waals surface area (Å²) in [6, 6.07) is 3.47. The maximum absolute atomic E-state index is 12.3. The van der Waals surface area contributed by atoms with Crippen LogP contribution in [0.4, 0.5) is 5.69 Å². The number of carbonyl (C=O) groups excluding carboxylic acids is 2. The third-order valence-electron chi connectivity index (χ3n) is 2.99. The van der Waals surface area contributed by atoms with Crippen molar-refractivity contribution < 1.29 is 24.4 Å². The number of nitro benzene ring substituents is 1. The van der Waals surface area contributed by atoms with Crippen molar-refractivity contribution in [2.24, 2.45) is 0 Å². The number of esters is 1. The molecule has 9 nitrogen and oxygen atoms in total. The molecule has 1 aromatic carbocycles. The predicted octanol–water partition coefficient (Wildman–Crippen LogP) is 1.57. The number of ether oxygens (including phenoxy) is 1. The smallest absolute Gasteiger partial charge is 0.321 e. The largest absolute Gasteiger partial charge is 0.507 e. The number of benzene rings is 1. The first-order valence-electron chi connectivity index (χ1n) is 6.98. The van der Waals surface area contributed by atoms with Crippen molar-refractivity contribution in [1.82, 2.24) is 10.4 Å². The Morgan fingerprint density at radius 2 is 2.28 bits per heavy atom. The number of nitrogens with one attached hydrogen (secondary N) is 1. The quantitative estimate of drug-likeness (QED) is 0.248. The Morgan fingerprint density at radius 3 is 2.92 bits per heavy atom. The van der Waals surface area contributed by atoms with Crippen LogP contribution in [0.1, 0.15) is 12.5 Å². The molecule has 0 spiro atoms. The predicted molar refractivity (Wildman–Crippen MR) is 94.4 cm³/mol. The van der Waals surface area contributed by atoms with E-state index in [1.165, 1.54) is 12.1 Å². The van der Waals surface area contributed by atoms with Crippen LogP contribution in [0.15, 0.2) is 23.1 Å². The van der Waals surface area contributed by atoms with Crippen LogP contribution >= 0.6 is 24.0 Å². The van der Waals surface area contributed by atoms with Gasteiger partial charge in [-0.2, -0.15) is 0 Å². The Bertz CT molecular complexity index is 780. The van der Waals surface area contributed by atoms with E-state index < -0.39 is 16.8 Å². The summed E-state index contributed by atoms with van der Waals surface area (Å²) in [4.78, 5) is 34.0. The van der Waals surface area contributed by atoms with Crippen molar-refractivity contribution in [2.75, 3.05) is 13.2 Å². The Labute approximate surface area is 151 Å². The van der Waals surface area contributed by atoms with Gasteiger partial charge in [-0.05, 0) is 19.1 Å².